The molecule has 5 nitrogen and oxygen atoms in total. The molecule has 0 atom stereocenters. The molecule has 0 aliphatic heterocycles. The zero-order valence-electron chi connectivity index (χ0n) is 12.8. The van der Waals surface area contributed by atoms with Crippen molar-refractivity contribution in [3.05, 3.63) is 47.3 Å². The van der Waals surface area contributed by atoms with E-state index in [9.17, 15) is 4.79 Å². The van der Waals surface area contributed by atoms with Gasteiger partial charge < -0.3 is 10.6 Å². The lowest BCUT2D eigenvalue weighted by atomic mass is 10.2. The Morgan fingerprint density at radius 2 is 1.90 bits per heavy atom. The van der Waals surface area contributed by atoms with Crippen molar-refractivity contribution in [2.75, 3.05) is 20.1 Å². The van der Waals surface area contributed by atoms with Gasteiger partial charge in [-0.05, 0) is 64.2 Å². The predicted octanol–water partition coefficient (Wildman–Crippen LogP) is 1.83. The molecule has 1 heterocycles. The Morgan fingerprint density at radius 3 is 2.48 bits per heavy atom. The minimum atomic E-state index is -0.0361. The largest absolute Gasteiger partial charge is 0.352 e. The van der Waals surface area contributed by atoms with Gasteiger partial charge in [0.1, 0.15) is 0 Å². The van der Waals surface area contributed by atoms with Crippen LogP contribution in [0.3, 0.4) is 0 Å². The maximum Gasteiger partial charge on any atom is 0.251 e. The van der Waals surface area contributed by atoms with E-state index in [1.807, 2.05) is 55.9 Å². The minimum Gasteiger partial charge on any atom is -0.352 e. The van der Waals surface area contributed by atoms with Crippen LogP contribution in [0.4, 0.5) is 0 Å². The van der Waals surface area contributed by atoms with Gasteiger partial charge in [-0.15, -0.1) is 0 Å². The van der Waals surface area contributed by atoms with Gasteiger partial charge in [-0.25, -0.2) is 4.68 Å². The maximum absolute atomic E-state index is 12.0. The second kappa shape index (κ2) is 7.04. The number of hydrogen-bond acceptors (Lipinski definition) is 3. The lowest BCUT2D eigenvalue weighted by Gasteiger charge is -2.07. The Bertz CT molecular complexity index is 601. The van der Waals surface area contributed by atoms with E-state index in [0.717, 1.165) is 30.0 Å². The molecule has 2 N–H and O–H groups in total. The fraction of sp³-hybridized carbons (Fsp3) is 0.375. The lowest BCUT2D eigenvalue weighted by Crippen LogP contribution is -2.26. The molecule has 21 heavy (non-hydrogen) atoms. The molecule has 1 aromatic heterocycles. The SMILES string of the molecule is CNCCCNC(=O)c1ccc(-n2nc(C)cc2C)cc1. The van der Waals surface area contributed by atoms with E-state index < -0.39 is 0 Å². The first-order chi connectivity index (χ1) is 10.1. The van der Waals surface area contributed by atoms with Crippen molar-refractivity contribution < 1.29 is 4.79 Å². The maximum atomic E-state index is 12.0. The fourth-order valence-corrected chi connectivity index (χ4v) is 2.21. The van der Waals surface area contributed by atoms with Crippen LogP contribution in [0.15, 0.2) is 30.3 Å². The highest BCUT2D eigenvalue weighted by Gasteiger charge is 2.07. The van der Waals surface area contributed by atoms with Crippen molar-refractivity contribution in [1.82, 2.24) is 20.4 Å². The van der Waals surface area contributed by atoms with Crippen LogP contribution >= 0.6 is 0 Å². The van der Waals surface area contributed by atoms with Crippen LogP contribution < -0.4 is 10.6 Å². The van der Waals surface area contributed by atoms with Gasteiger partial charge in [0.2, 0.25) is 0 Å². The minimum absolute atomic E-state index is 0.0361. The second-order valence-electron chi connectivity index (χ2n) is 5.10. The van der Waals surface area contributed by atoms with E-state index in [-0.39, 0.29) is 5.91 Å². The molecule has 112 valence electrons. The third-order valence-corrected chi connectivity index (χ3v) is 3.27. The third kappa shape index (κ3) is 3.92. The molecule has 2 aromatic rings. The summed E-state index contributed by atoms with van der Waals surface area (Å²) < 4.78 is 1.88. The Balaban J connectivity index is 2.02. The van der Waals surface area contributed by atoms with Crippen LogP contribution in [-0.4, -0.2) is 35.8 Å². The zero-order valence-corrected chi connectivity index (χ0v) is 12.8. The highest BCUT2D eigenvalue weighted by molar-refractivity contribution is 5.94. The van der Waals surface area contributed by atoms with E-state index in [1.54, 1.807) is 0 Å². The Hall–Kier alpha value is -2.14. The number of hydrogen-bond donors (Lipinski definition) is 2. The molecule has 1 aromatic carbocycles. The molecule has 1 amide bonds. The average Bonchev–Trinajstić information content (AvgIpc) is 2.82. The molecule has 2 rings (SSSR count). The molecule has 0 radical (unpaired) electrons. The van der Waals surface area contributed by atoms with E-state index in [2.05, 4.69) is 15.7 Å². The number of carbonyl (C=O) groups is 1. The van der Waals surface area contributed by atoms with Crippen LogP contribution in [0.2, 0.25) is 0 Å². The van der Waals surface area contributed by atoms with Gasteiger partial charge in [-0.2, -0.15) is 5.10 Å². The van der Waals surface area contributed by atoms with E-state index >= 15 is 0 Å². The lowest BCUT2D eigenvalue weighted by molar-refractivity contribution is 0.0953. The topological polar surface area (TPSA) is 58.9 Å². The summed E-state index contributed by atoms with van der Waals surface area (Å²) in [7, 11) is 1.90. The summed E-state index contributed by atoms with van der Waals surface area (Å²) in [5.74, 6) is -0.0361. The smallest absolute Gasteiger partial charge is 0.251 e. The van der Waals surface area contributed by atoms with E-state index in [0.29, 0.717) is 12.1 Å². The molecule has 0 aliphatic rings. The normalized spacial score (nSPS) is 10.6. The Morgan fingerprint density at radius 1 is 1.19 bits per heavy atom. The van der Waals surface area contributed by atoms with Gasteiger partial charge in [-0.3, -0.25) is 4.79 Å². The summed E-state index contributed by atoms with van der Waals surface area (Å²) in [4.78, 5) is 12.0. The van der Waals surface area contributed by atoms with Crippen molar-refractivity contribution in [2.45, 2.75) is 20.3 Å². The van der Waals surface area contributed by atoms with E-state index in [4.69, 9.17) is 0 Å². The quantitative estimate of drug-likeness (QED) is 0.797. The summed E-state index contributed by atoms with van der Waals surface area (Å²) in [6, 6.07) is 9.53. The molecule has 0 unspecified atom stereocenters. The van der Waals surface area contributed by atoms with Gasteiger partial charge in [0.05, 0.1) is 11.4 Å². The monoisotopic (exact) mass is 286 g/mol. The van der Waals surface area contributed by atoms with Gasteiger partial charge in [0, 0.05) is 17.8 Å². The number of benzene rings is 1. The molecule has 0 aliphatic carbocycles. The summed E-state index contributed by atoms with van der Waals surface area (Å²) in [6.07, 6.45) is 0.923. The molecule has 0 fully saturated rings. The van der Waals surface area contributed by atoms with Gasteiger partial charge >= 0.3 is 0 Å². The summed E-state index contributed by atoms with van der Waals surface area (Å²) in [6.45, 7) is 5.56. The number of carbonyl (C=O) groups excluding carboxylic acids is 1. The number of aryl methyl sites for hydroxylation is 2. The van der Waals surface area contributed by atoms with Crippen molar-refractivity contribution in [3.8, 4) is 5.69 Å². The standard InChI is InChI=1S/C16H22N4O/c1-12-11-13(2)20(19-12)15-7-5-14(6-8-15)16(21)18-10-4-9-17-3/h5-8,11,17H,4,9-10H2,1-3H3,(H,18,21). The highest BCUT2D eigenvalue weighted by atomic mass is 16.1. The van der Waals surface area contributed by atoms with Crippen LogP contribution in [-0.2, 0) is 0 Å². The molecular formula is C16H22N4O. The molecule has 0 bridgehead atoms. The second-order valence-corrected chi connectivity index (χ2v) is 5.10. The number of amides is 1. The van der Waals surface area contributed by atoms with Gasteiger partial charge in [0.25, 0.3) is 5.91 Å². The molecule has 0 saturated carbocycles. The van der Waals surface area contributed by atoms with Crippen LogP contribution in [0.25, 0.3) is 5.69 Å². The van der Waals surface area contributed by atoms with Crippen molar-refractivity contribution in [3.63, 3.8) is 0 Å². The zero-order chi connectivity index (χ0) is 15.2. The molecule has 5 heteroatoms. The Kier molecular flexibility index (Phi) is 5.11. The highest BCUT2D eigenvalue weighted by Crippen LogP contribution is 2.13. The third-order valence-electron chi connectivity index (χ3n) is 3.27. The van der Waals surface area contributed by atoms with Gasteiger partial charge in [0.15, 0.2) is 0 Å². The first kappa shape index (κ1) is 15.3. The van der Waals surface area contributed by atoms with Crippen molar-refractivity contribution in [1.29, 1.82) is 0 Å². The number of aromatic nitrogens is 2. The van der Waals surface area contributed by atoms with Crippen LogP contribution in [0.5, 0.6) is 0 Å². The van der Waals surface area contributed by atoms with E-state index in [1.165, 1.54) is 0 Å². The predicted molar refractivity (Wildman–Crippen MR) is 83.9 cm³/mol. The fourth-order valence-electron chi connectivity index (χ4n) is 2.21. The van der Waals surface area contributed by atoms with Crippen molar-refractivity contribution >= 4 is 5.91 Å². The first-order valence-electron chi connectivity index (χ1n) is 7.18. The van der Waals surface area contributed by atoms with Crippen LogP contribution in [0.1, 0.15) is 28.2 Å². The summed E-state index contributed by atoms with van der Waals surface area (Å²) >= 11 is 0. The number of rotatable bonds is 6. The molecular weight excluding hydrogens is 264 g/mol. The Labute approximate surface area is 125 Å². The first-order valence-corrected chi connectivity index (χ1v) is 7.18. The summed E-state index contributed by atoms with van der Waals surface area (Å²) in [5.41, 5.74) is 3.70. The average molecular weight is 286 g/mol. The summed E-state index contributed by atoms with van der Waals surface area (Å²) in [5, 5.41) is 10.4. The molecule has 0 spiro atoms. The van der Waals surface area contributed by atoms with Crippen LogP contribution in [0, 0.1) is 13.8 Å². The number of nitrogens with zero attached hydrogens (tertiary/aromatic N) is 2. The van der Waals surface area contributed by atoms with Gasteiger partial charge in [-0.1, -0.05) is 0 Å². The van der Waals surface area contributed by atoms with Crippen molar-refractivity contribution in [2.24, 2.45) is 0 Å². The number of nitrogens with one attached hydrogen (secondary N) is 2. The molecule has 0 saturated heterocycles.